The van der Waals surface area contributed by atoms with Crippen molar-refractivity contribution in [1.29, 1.82) is 5.26 Å². The van der Waals surface area contributed by atoms with Crippen LogP contribution in [0.15, 0.2) is 24.3 Å². The van der Waals surface area contributed by atoms with E-state index in [0.717, 1.165) is 5.52 Å². The number of para-hydroxylation sites is 2. The molecule has 2 N–H and O–H groups in total. The third kappa shape index (κ3) is 1.61. The fraction of sp³-hybridized carbons (Fsp3) is 0.0909. The van der Waals surface area contributed by atoms with Crippen molar-refractivity contribution in [2.24, 2.45) is 5.73 Å². The fourth-order valence-corrected chi connectivity index (χ4v) is 1.58. The molecule has 0 aliphatic carbocycles. The van der Waals surface area contributed by atoms with Crippen molar-refractivity contribution >= 4 is 16.9 Å². The van der Waals surface area contributed by atoms with Gasteiger partial charge in [0.25, 0.3) is 5.91 Å². The van der Waals surface area contributed by atoms with Gasteiger partial charge in [-0.25, -0.2) is 4.98 Å². The zero-order chi connectivity index (χ0) is 11.5. The molecular weight excluding hydrogens is 204 g/mol. The lowest BCUT2D eigenvalue weighted by atomic mass is 10.3. The summed E-state index contributed by atoms with van der Waals surface area (Å²) < 4.78 is 1.63. The minimum Gasteiger partial charge on any atom is -0.363 e. The van der Waals surface area contributed by atoms with Gasteiger partial charge in [-0.2, -0.15) is 5.26 Å². The van der Waals surface area contributed by atoms with Crippen LogP contribution in [0.2, 0.25) is 0 Å². The average molecular weight is 213 g/mol. The van der Waals surface area contributed by atoms with E-state index >= 15 is 0 Å². The van der Waals surface area contributed by atoms with Crippen LogP contribution >= 0.6 is 0 Å². The largest absolute Gasteiger partial charge is 0.363 e. The summed E-state index contributed by atoms with van der Waals surface area (Å²) in [4.78, 5) is 15.3. The van der Waals surface area contributed by atoms with Gasteiger partial charge < -0.3 is 10.3 Å². The van der Waals surface area contributed by atoms with Gasteiger partial charge >= 0.3 is 0 Å². The van der Waals surface area contributed by atoms with Crippen LogP contribution in [-0.4, -0.2) is 15.5 Å². The molecule has 1 amide bonds. The van der Waals surface area contributed by atoms with E-state index in [9.17, 15) is 4.79 Å². The second-order valence-corrected chi connectivity index (χ2v) is 3.23. The molecular formula is C11H9N4O. The lowest BCUT2D eigenvalue weighted by Gasteiger charge is -2.02. The molecule has 2 rings (SSSR count). The Morgan fingerprint density at radius 3 is 3.00 bits per heavy atom. The number of nitrogens with two attached hydrogens (primary N) is 1. The first kappa shape index (κ1) is 10.2. The van der Waals surface area contributed by atoms with E-state index in [1.807, 2.05) is 24.3 Å². The summed E-state index contributed by atoms with van der Waals surface area (Å²) in [6.07, 6.45) is 1.39. The summed E-state index contributed by atoms with van der Waals surface area (Å²) in [5.74, 6) is -0.421. The molecule has 0 saturated heterocycles. The van der Waals surface area contributed by atoms with Gasteiger partial charge in [0.2, 0.25) is 0 Å². The maximum atomic E-state index is 11.2. The van der Waals surface area contributed by atoms with Gasteiger partial charge in [0.1, 0.15) is 0 Å². The molecule has 0 spiro atoms. The number of imidazole rings is 1. The molecule has 5 heteroatoms. The van der Waals surface area contributed by atoms with Crippen molar-refractivity contribution in [3.63, 3.8) is 0 Å². The van der Waals surface area contributed by atoms with E-state index in [-0.39, 0.29) is 5.82 Å². The Kier molecular flexibility index (Phi) is 2.56. The molecule has 79 valence electrons. The second-order valence-electron chi connectivity index (χ2n) is 3.23. The van der Waals surface area contributed by atoms with Gasteiger partial charge in [-0.15, -0.1) is 0 Å². The maximum absolute atomic E-state index is 11.2. The van der Waals surface area contributed by atoms with Crippen LogP contribution in [-0.2, 0) is 6.54 Å². The van der Waals surface area contributed by atoms with E-state index in [0.29, 0.717) is 12.1 Å². The van der Waals surface area contributed by atoms with Crippen LogP contribution in [0.25, 0.3) is 11.0 Å². The van der Waals surface area contributed by atoms with E-state index in [4.69, 9.17) is 11.0 Å². The van der Waals surface area contributed by atoms with Crippen LogP contribution in [0.1, 0.15) is 10.6 Å². The highest BCUT2D eigenvalue weighted by molar-refractivity contribution is 5.93. The summed E-state index contributed by atoms with van der Waals surface area (Å²) in [6, 6.07) is 9.22. The van der Waals surface area contributed by atoms with Gasteiger partial charge in [0, 0.05) is 6.54 Å². The molecule has 1 radical (unpaired) electrons. The third-order valence-corrected chi connectivity index (χ3v) is 2.24. The Balaban J connectivity index is 2.60. The minimum atomic E-state index is -0.595. The molecule has 16 heavy (non-hydrogen) atoms. The number of hydrogen-bond acceptors (Lipinski definition) is 3. The molecule has 0 aliphatic heterocycles. The van der Waals surface area contributed by atoms with Gasteiger partial charge in [-0.1, -0.05) is 12.1 Å². The second kappa shape index (κ2) is 4.03. The number of primary amides is 1. The number of aromatic nitrogens is 2. The Hall–Kier alpha value is -2.35. The van der Waals surface area contributed by atoms with Crippen molar-refractivity contribution in [1.82, 2.24) is 9.55 Å². The molecule has 2 aromatic rings. The molecule has 0 unspecified atom stereocenters. The number of carbonyl (C=O) groups excluding carboxylic acids is 1. The van der Waals surface area contributed by atoms with E-state index < -0.39 is 5.91 Å². The molecule has 0 aliphatic rings. The molecule has 1 heterocycles. The molecule has 0 bridgehead atoms. The fourth-order valence-electron chi connectivity index (χ4n) is 1.58. The highest BCUT2D eigenvalue weighted by atomic mass is 16.1. The Labute approximate surface area is 92.1 Å². The van der Waals surface area contributed by atoms with Crippen molar-refractivity contribution in [2.75, 3.05) is 0 Å². The number of benzene rings is 1. The quantitative estimate of drug-likeness (QED) is 0.820. The smallest absolute Gasteiger partial charge is 0.284 e. The first-order valence-electron chi connectivity index (χ1n) is 4.70. The number of rotatable bonds is 3. The van der Waals surface area contributed by atoms with Crippen LogP contribution in [0.4, 0.5) is 0 Å². The molecule has 5 nitrogen and oxygen atoms in total. The van der Waals surface area contributed by atoms with E-state index in [1.54, 1.807) is 10.6 Å². The Morgan fingerprint density at radius 1 is 1.56 bits per heavy atom. The number of carbonyl (C=O) groups is 1. The zero-order valence-corrected chi connectivity index (χ0v) is 8.42. The molecule has 0 fully saturated rings. The predicted molar refractivity (Wildman–Crippen MR) is 58.2 cm³/mol. The van der Waals surface area contributed by atoms with Gasteiger partial charge in [0.15, 0.2) is 5.82 Å². The number of amides is 1. The molecule has 1 aromatic heterocycles. The highest BCUT2D eigenvalue weighted by Gasteiger charge is 2.13. The Bertz CT molecular complexity index is 579. The van der Waals surface area contributed by atoms with Crippen molar-refractivity contribution < 1.29 is 4.79 Å². The van der Waals surface area contributed by atoms with Crippen LogP contribution < -0.4 is 5.73 Å². The normalized spacial score (nSPS) is 10.2. The van der Waals surface area contributed by atoms with Crippen molar-refractivity contribution in [3.8, 4) is 6.07 Å². The first-order valence-corrected chi connectivity index (χ1v) is 4.70. The van der Waals surface area contributed by atoms with Gasteiger partial charge in [0.05, 0.1) is 23.5 Å². The molecule has 0 atom stereocenters. The lowest BCUT2D eigenvalue weighted by molar-refractivity contribution is 0.0987. The standard InChI is InChI=1S/C11H9N4O/c12-6-3-7-15-9-5-2-1-4-8(9)14-11(15)10(13)16/h1-5H,7H2,(H2,13,16). The number of nitriles is 1. The van der Waals surface area contributed by atoms with Crippen LogP contribution in [0, 0.1) is 17.8 Å². The summed E-state index contributed by atoms with van der Waals surface area (Å²) in [6.45, 7) is 0.301. The molecule has 1 aromatic carbocycles. The lowest BCUT2D eigenvalue weighted by Crippen LogP contribution is -2.18. The number of fused-ring (bicyclic) bond motifs is 1. The number of hydrogen-bond donors (Lipinski definition) is 1. The third-order valence-electron chi connectivity index (χ3n) is 2.24. The van der Waals surface area contributed by atoms with Crippen LogP contribution in [0.3, 0.4) is 0 Å². The average Bonchev–Trinajstić information content (AvgIpc) is 2.65. The van der Waals surface area contributed by atoms with Gasteiger partial charge in [-0.3, -0.25) is 4.79 Å². The van der Waals surface area contributed by atoms with E-state index in [2.05, 4.69) is 4.98 Å². The minimum absolute atomic E-state index is 0.174. The van der Waals surface area contributed by atoms with Gasteiger partial charge in [-0.05, 0) is 12.1 Å². The van der Waals surface area contributed by atoms with Crippen molar-refractivity contribution in [3.05, 3.63) is 36.5 Å². The first-order chi connectivity index (χ1) is 7.74. The highest BCUT2D eigenvalue weighted by Crippen LogP contribution is 2.15. The zero-order valence-electron chi connectivity index (χ0n) is 8.42. The topological polar surface area (TPSA) is 84.7 Å². The molecule has 0 saturated carbocycles. The summed E-state index contributed by atoms with van der Waals surface area (Å²) in [7, 11) is 0. The Morgan fingerprint density at radius 2 is 2.31 bits per heavy atom. The van der Waals surface area contributed by atoms with Crippen LogP contribution in [0.5, 0.6) is 0 Å². The summed E-state index contributed by atoms with van der Waals surface area (Å²) in [5.41, 5.74) is 6.72. The SMILES string of the molecule is N#C[CH]Cn1c(C(N)=O)nc2ccccc21. The maximum Gasteiger partial charge on any atom is 0.284 e. The number of nitrogens with zero attached hydrogens (tertiary/aromatic N) is 3. The van der Waals surface area contributed by atoms with E-state index in [1.165, 1.54) is 6.42 Å². The van der Waals surface area contributed by atoms with Crippen molar-refractivity contribution in [2.45, 2.75) is 6.54 Å². The summed E-state index contributed by atoms with van der Waals surface area (Å²) >= 11 is 0. The predicted octanol–water partition coefficient (Wildman–Crippen LogP) is 0.863. The monoisotopic (exact) mass is 213 g/mol. The summed E-state index contributed by atoms with van der Waals surface area (Å²) in [5, 5.41) is 8.51.